The van der Waals surface area contributed by atoms with Crippen LogP contribution < -0.4 is 4.90 Å². The first kappa shape index (κ1) is 14.8. The van der Waals surface area contributed by atoms with Crippen LogP contribution in [0.1, 0.15) is 16.7 Å². The van der Waals surface area contributed by atoms with Crippen LogP contribution in [0.4, 0.5) is 10.1 Å². The molecule has 0 aliphatic carbocycles. The predicted molar refractivity (Wildman–Crippen MR) is 88.7 cm³/mol. The number of benzene rings is 2. The number of aryl methyl sites for hydroxylation is 1. The number of halogens is 1. The largest absolute Gasteiger partial charge is 0.378 e. The topological polar surface area (TPSA) is 12.5 Å². The minimum atomic E-state index is -0.227. The molecule has 1 aliphatic heterocycles. The molecule has 0 saturated carbocycles. The van der Waals surface area contributed by atoms with Crippen molar-refractivity contribution in [2.45, 2.75) is 6.92 Å². The summed E-state index contributed by atoms with van der Waals surface area (Å²) in [6.07, 6.45) is 0. The van der Waals surface area contributed by atoms with Gasteiger partial charge in [0.25, 0.3) is 0 Å². The Bertz CT molecular complexity index is 672. The molecule has 114 valence electrons. The van der Waals surface area contributed by atoms with E-state index in [1.165, 1.54) is 23.4 Å². The van der Waals surface area contributed by atoms with Gasteiger partial charge in [0.1, 0.15) is 5.82 Å². The van der Waals surface area contributed by atoms with E-state index in [1.54, 1.807) is 12.1 Å². The van der Waals surface area contributed by atoms with Crippen LogP contribution in [0, 0.1) is 12.7 Å². The molecule has 0 spiro atoms. The molecule has 0 unspecified atom stereocenters. The van der Waals surface area contributed by atoms with Crippen molar-refractivity contribution in [3.63, 3.8) is 0 Å². The number of morpholine rings is 1. The number of rotatable bonds is 3. The smallest absolute Gasteiger partial charge is 0.123 e. The van der Waals surface area contributed by atoms with Crippen molar-refractivity contribution in [2.24, 2.45) is 0 Å². The number of nitrogens with zero attached hydrogens (tertiary/aromatic N) is 1. The summed E-state index contributed by atoms with van der Waals surface area (Å²) < 4.78 is 18.6. The van der Waals surface area contributed by atoms with E-state index in [0.29, 0.717) is 0 Å². The van der Waals surface area contributed by atoms with Crippen molar-refractivity contribution >= 4 is 11.3 Å². The van der Waals surface area contributed by atoms with Gasteiger partial charge in [-0.15, -0.1) is 0 Å². The molecular formula is C19H20FNO. The van der Waals surface area contributed by atoms with Crippen LogP contribution in [0.25, 0.3) is 5.57 Å². The van der Waals surface area contributed by atoms with E-state index in [2.05, 4.69) is 36.6 Å². The molecule has 2 nitrogen and oxygen atoms in total. The van der Waals surface area contributed by atoms with E-state index in [1.807, 2.05) is 0 Å². The fourth-order valence-corrected chi connectivity index (χ4v) is 2.91. The minimum absolute atomic E-state index is 0.227. The van der Waals surface area contributed by atoms with Crippen molar-refractivity contribution in [3.8, 4) is 0 Å². The zero-order valence-electron chi connectivity index (χ0n) is 12.8. The van der Waals surface area contributed by atoms with Gasteiger partial charge < -0.3 is 9.64 Å². The molecule has 0 radical (unpaired) electrons. The Morgan fingerprint density at radius 2 is 1.77 bits per heavy atom. The normalized spacial score (nSPS) is 14.9. The molecule has 0 N–H and O–H groups in total. The lowest BCUT2D eigenvalue weighted by atomic mass is 9.93. The third-order valence-corrected chi connectivity index (χ3v) is 4.10. The van der Waals surface area contributed by atoms with Crippen LogP contribution in [0.3, 0.4) is 0 Å². The Morgan fingerprint density at radius 1 is 1.09 bits per heavy atom. The maximum absolute atomic E-state index is 13.2. The Kier molecular flexibility index (Phi) is 4.25. The summed E-state index contributed by atoms with van der Waals surface area (Å²) in [4.78, 5) is 2.33. The van der Waals surface area contributed by atoms with Crippen molar-refractivity contribution < 1.29 is 9.13 Å². The first-order chi connectivity index (χ1) is 10.7. The standard InChI is InChI=1S/C19H20FNO/c1-14-4-3-5-18(21-10-12-22-13-11-21)19(14)15(2)16-6-8-17(20)9-7-16/h3-9H,2,10-13H2,1H3. The van der Waals surface area contributed by atoms with Gasteiger partial charge in [0.15, 0.2) is 0 Å². The molecule has 1 heterocycles. The van der Waals surface area contributed by atoms with Gasteiger partial charge in [-0.25, -0.2) is 4.39 Å². The fraction of sp³-hybridized carbons (Fsp3) is 0.263. The molecular weight excluding hydrogens is 277 g/mol. The number of hydrogen-bond donors (Lipinski definition) is 0. The third-order valence-electron chi connectivity index (χ3n) is 4.10. The van der Waals surface area contributed by atoms with Crippen molar-refractivity contribution in [1.82, 2.24) is 0 Å². The van der Waals surface area contributed by atoms with Gasteiger partial charge in [0, 0.05) is 24.3 Å². The van der Waals surface area contributed by atoms with Gasteiger partial charge in [-0.3, -0.25) is 0 Å². The van der Waals surface area contributed by atoms with Gasteiger partial charge >= 0.3 is 0 Å². The predicted octanol–water partition coefficient (Wildman–Crippen LogP) is 4.03. The Hall–Kier alpha value is -2.13. The minimum Gasteiger partial charge on any atom is -0.378 e. The van der Waals surface area contributed by atoms with E-state index in [9.17, 15) is 4.39 Å². The zero-order chi connectivity index (χ0) is 15.5. The lowest BCUT2D eigenvalue weighted by molar-refractivity contribution is 0.122. The average molecular weight is 297 g/mol. The second-order valence-corrected chi connectivity index (χ2v) is 5.55. The van der Waals surface area contributed by atoms with Crippen LogP contribution >= 0.6 is 0 Å². The maximum atomic E-state index is 13.2. The molecule has 2 aromatic rings. The summed E-state index contributed by atoms with van der Waals surface area (Å²) in [6.45, 7) is 9.61. The average Bonchev–Trinajstić information content (AvgIpc) is 2.55. The van der Waals surface area contributed by atoms with Crippen molar-refractivity contribution in [3.05, 3.63) is 71.6 Å². The van der Waals surface area contributed by atoms with Crippen LogP contribution in [0.5, 0.6) is 0 Å². The fourth-order valence-electron chi connectivity index (χ4n) is 2.91. The quantitative estimate of drug-likeness (QED) is 0.848. The third kappa shape index (κ3) is 2.90. The molecule has 0 amide bonds. The highest BCUT2D eigenvalue weighted by molar-refractivity contribution is 5.87. The molecule has 0 aromatic heterocycles. The Balaban J connectivity index is 2.01. The highest BCUT2D eigenvalue weighted by Crippen LogP contribution is 2.33. The maximum Gasteiger partial charge on any atom is 0.123 e. The van der Waals surface area contributed by atoms with Crippen molar-refractivity contribution in [2.75, 3.05) is 31.2 Å². The van der Waals surface area contributed by atoms with Gasteiger partial charge in [-0.2, -0.15) is 0 Å². The molecule has 0 atom stereocenters. The van der Waals surface area contributed by atoms with Gasteiger partial charge in [0.2, 0.25) is 0 Å². The summed E-state index contributed by atoms with van der Waals surface area (Å²) in [6, 6.07) is 12.8. The van der Waals surface area contributed by atoms with E-state index >= 15 is 0 Å². The number of ether oxygens (including phenoxy) is 1. The molecule has 2 aromatic carbocycles. The Morgan fingerprint density at radius 3 is 2.45 bits per heavy atom. The lowest BCUT2D eigenvalue weighted by Gasteiger charge is -2.31. The van der Waals surface area contributed by atoms with Crippen LogP contribution in [-0.4, -0.2) is 26.3 Å². The van der Waals surface area contributed by atoms with Gasteiger partial charge in [0.05, 0.1) is 13.2 Å². The molecule has 1 aliphatic rings. The molecule has 0 bridgehead atoms. The monoisotopic (exact) mass is 297 g/mol. The van der Waals surface area contributed by atoms with E-state index in [-0.39, 0.29) is 5.82 Å². The summed E-state index contributed by atoms with van der Waals surface area (Å²) in [5, 5.41) is 0. The lowest BCUT2D eigenvalue weighted by Crippen LogP contribution is -2.36. The zero-order valence-corrected chi connectivity index (χ0v) is 12.8. The molecule has 3 rings (SSSR count). The van der Waals surface area contributed by atoms with Crippen LogP contribution in [-0.2, 0) is 4.74 Å². The van der Waals surface area contributed by atoms with E-state index in [0.717, 1.165) is 43.0 Å². The van der Waals surface area contributed by atoms with Gasteiger partial charge in [-0.05, 0) is 41.8 Å². The molecule has 1 saturated heterocycles. The molecule has 3 heteroatoms. The van der Waals surface area contributed by atoms with Crippen LogP contribution in [0.2, 0.25) is 0 Å². The summed E-state index contributed by atoms with van der Waals surface area (Å²) in [7, 11) is 0. The SMILES string of the molecule is C=C(c1ccc(F)cc1)c1c(C)cccc1N1CCOCC1. The second-order valence-electron chi connectivity index (χ2n) is 5.55. The Labute approximate surface area is 130 Å². The van der Waals surface area contributed by atoms with E-state index in [4.69, 9.17) is 4.74 Å². The summed E-state index contributed by atoms with van der Waals surface area (Å²) in [5.41, 5.74) is 5.37. The molecule has 1 fully saturated rings. The van der Waals surface area contributed by atoms with Gasteiger partial charge in [-0.1, -0.05) is 30.8 Å². The first-order valence-corrected chi connectivity index (χ1v) is 7.54. The molecule has 22 heavy (non-hydrogen) atoms. The number of anilines is 1. The first-order valence-electron chi connectivity index (χ1n) is 7.54. The summed E-state index contributed by atoms with van der Waals surface area (Å²) >= 11 is 0. The highest BCUT2D eigenvalue weighted by atomic mass is 19.1. The second kappa shape index (κ2) is 6.32. The van der Waals surface area contributed by atoms with Crippen LogP contribution in [0.15, 0.2) is 49.0 Å². The van der Waals surface area contributed by atoms with E-state index < -0.39 is 0 Å². The van der Waals surface area contributed by atoms with Crippen molar-refractivity contribution in [1.29, 1.82) is 0 Å². The highest BCUT2D eigenvalue weighted by Gasteiger charge is 2.18. The summed E-state index contributed by atoms with van der Waals surface area (Å²) in [5.74, 6) is -0.227. The number of hydrogen-bond acceptors (Lipinski definition) is 2.